The van der Waals surface area contributed by atoms with Gasteiger partial charge >= 0.3 is 0 Å². The summed E-state index contributed by atoms with van der Waals surface area (Å²) in [5, 5.41) is 2.74. The Bertz CT molecular complexity index is 969. The summed E-state index contributed by atoms with van der Waals surface area (Å²) in [5.74, 6) is -0.334. The molecule has 9 heteroatoms. The number of pyridine rings is 1. The van der Waals surface area contributed by atoms with Crippen molar-refractivity contribution in [3.8, 4) is 0 Å². The molecule has 0 aliphatic heterocycles. The number of nitrogens with zero attached hydrogens (tertiary/aromatic N) is 2. The molecule has 1 aromatic heterocycles. The van der Waals surface area contributed by atoms with Crippen LogP contribution in [0.5, 0.6) is 0 Å². The van der Waals surface area contributed by atoms with E-state index in [1.54, 1.807) is 32.2 Å². The number of benzene rings is 1. The first-order valence-electron chi connectivity index (χ1n) is 8.54. The van der Waals surface area contributed by atoms with E-state index in [1.807, 2.05) is 0 Å². The Morgan fingerprint density at radius 3 is 2.52 bits per heavy atom. The summed E-state index contributed by atoms with van der Waals surface area (Å²) >= 11 is 6.08. The fraction of sp³-hybridized carbons (Fsp3) is 0.333. The fourth-order valence-electron chi connectivity index (χ4n) is 2.57. The van der Waals surface area contributed by atoms with Crippen molar-refractivity contribution in [2.24, 2.45) is 0 Å². The van der Waals surface area contributed by atoms with Crippen molar-refractivity contribution in [3.05, 3.63) is 58.0 Å². The lowest BCUT2D eigenvalue weighted by Gasteiger charge is -2.19. The lowest BCUT2D eigenvalue weighted by atomic mass is 10.3. The Kier molecular flexibility index (Phi) is 7.18. The van der Waals surface area contributed by atoms with Crippen molar-refractivity contribution in [1.29, 1.82) is 0 Å². The Balaban J connectivity index is 2.15. The highest BCUT2D eigenvalue weighted by atomic mass is 35.5. The second-order valence-corrected chi connectivity index (χ2v) is 8.08. The average Bonchev–Trinajstić information content (AvgIpc) is 2.63. The van der Waals surface area contributed by atoms with Gasteiger partial charge in [0.15, 0.2) is 0 Å². The van der Waals surface area contributed by atoms with Gasteiger partial charge in [-0.2, -0.15) is 4.31 Å². The Labute approximate surface area is 163 Å². The molecule has 2 aromatic rings. The Morgan fingerprint density at radius 1 is 1.19 bits per heavy atom. The van der Waals surface area contributed by atoms with Gasteiger partial charge in [-0.1, -0.05) is 31.5 Å². The highest BCUT2D eigenvalue weighted by Gasteiger charge is 2.24. The van der Waals surface area contributed by atoms with Crippen molar-refractivity contribution in [2.75, 3.05) is 18.4 Å². The highest BCUT2D eigenvalue weighted by Crippen LogP contribution is 2.27. The number of anilines is 1. The standard InChI is InChI=1S/C18H22ClN3O4S/c1-3-22(4-2)27(25,26)16-13-14(8-9-15(16)19)20-17(23)10-12-21-11-6-5-7-18(21)24/h5-9,11,13H,3-4,10,12H2,1-2H3,(H,20,23). The molecule has 2 rings (SSSR count). The largest absolute Gasteiger partial charge is 0.326 e. The van der Waals surface area contributed by atoms with Crippen LogP contribution in [-0.4, -0.2) is 36.3 Å². The van der Waals surface area contributed by atoms with Crippen molar-refractivity contribution in [2.45, 2.75) is 31.7 Å². The third-order valence-electron chi connectivity index (χ3n) is 4.02. The monoisotopic (exact) mass is 411 g/mol. The molecule has 1 N–H and O–H groups in total. The van der Waals surface area contributed by atoms with Crippen LogP contribution in [0.15, 0.2) is 52.3 Å². The second kappa shape index (κ2) is 9.16. The highest BCUT2D eigenvalue weighted by molar-refractivity contribution is 7.89. The van der Waals surface area contributed by atoms with Gasteiger partial charge in [-0.25, -0.2) is 8.42 Å². The molecule has 0 atom stereocenters. The van der Waals surface area contributed by atoms with Gasteiger partial charge in [0.25, 0.3) is 5.56 Å². The molecule has 0 aliphatic rings. The molecule has 0 unspecified atom stereocenters. The molecule has 146 valence electrons. The van der Waals surface area contributed by atoms with Crippen LogP contribution in [-0.2, 0) is 21.4 Å². The molecule has 0 radical (unpaired) electrons. The molecule has 0 bridgehead atoms. The van der Waals surface area contributed by atoms with Gasteiger partial charge in [-0.05, 0) is 24.3 Å². The van der Waals surface area contributed by atoms with Crippen LogP contribution in [0.25, 0.3) is 0 Å². The Morgan fingerprint density at radius 2 is 1.89 bits per heavy atom. The molecule has 0 aliphatic carbocycles. The molecular formula is C18H22ClN3O4S. The summed E-state index contributed by atoms with van der Waals surface area (Å²) in [7, 11) is -3.75. The lowest BCUT2D eigenvalue weighted by Crippen LogP contribution is -2.31. The SMILES string of the molecule is CCN(CC)S(=O)(=O)c1cc(NC(=O)CCn2ccccc2=O)ccc1Cl. The zero-order valence-electron chi connectivity index (χ0n) is 15.2. The minimum atomic E-state index is -3.75. The van der Waals surface area contributed by atoms with E-state index in [-0.39, 0.29) is 34.4 Å². The number of hydrogen-bond acceptors (Lipinski definition) is 4. The smallest absolute Gasteiger partial charge is 0.250 e. The number of carbonyl (C=O) groups is 1. The first kappa shape index (κ1) is 21.1. The molecule has 1 amide bonds. The average molecular weight is 412 g/mol. The molecular weight excluding hydrogens is 390 g/mol. The number of nitrogens with one attached hydrogen (secondary N) is 1. The number of sulfonamides is 1. The lowest BCUT2D eigenvalue weighted by molar-refractivity contribution is -0.116. The summed E-state index contributed by atoms with van der Waals surface area (Å²) in [6.45, 7) is 4.34. The van der Waals surface area contributed by atoms with E-state index in [4.69, 9.17) is 11.6 Å². The van der Waals surface area contributed by atoms with Gasteiger partial charge in [-0.3, -0.25) is 9.59 Å². The number of rotatable bonds is 8. The van der Waals surface area contributed by atoms with E-state index in [0.717, 1.165) is 0 Å². The van der Waals surface area contributed by atoms with E-state index in [2.05, 4.69) is 5.32 Å². The summed E-state index contributed by atoms with van der Waals surface area (Å²) < 4.78 is 28.1. The number of aryl methyl sites for hydroxylation is 1. The maximum Gasteiger partial charge on any atom is 0.250 e. The quantitative estimate of drug-likeness (QED) is 0.723. The van der Waals surface area contributed by atoms with Crippen LogP contribution >= 0.6 is 11.6 Å². The van der Waals surface area contributed by atoms with E-state index >= 15 is 0 Å². The van der Waals surface area contributed by atoms with Gasteiger partial charge in [0, 0.05) is 44.0 Å². The third kappa shape index (κ3) is 5.18. The number of halogens is 1. The normalized spacial score (nSPS) is 11.6. The van der Waals surface area contributed by atoms with Crippen LogP contribution in [0.1, 0.15) is 20.3 Å². The maximum atomic E-state index is 12.7. The molecule has 7 nitrogen and oxygen atoms in total. The first-order valence-corrected chi connectivity index (χ1v) is 10.4. The minimum Gasteiger partial charge on any atom is -0.326 e. The van der Waals surface area contributed by atoms with Crippen LogP contribution in [0.3, 0.4) is 0 Å². The van der Waals surface area contributed by atoms with Gasteiger partial charge in [0.1, 0.15) is 4.90 Å². The summed E-state index contributed by atoms with van der Waals surface area (Å²) in [4.78, 5) is 23.8. The van der Waals surface area contributed by atoms with Crippen molar-refractivity contribution in [3.63, 3.8) is 0 Å². The van der Waals surface area contributed by atoms with Gasteiger partial charge in [-0.15, -0.1) is 0 Å². The third-order valence-corrected chi connectivity index (χ3v) is 6.55. The molecule has 0 saturated heterocycles. The maximum absolute atomic E-state index is 12.7. The predicted molar refractivity (Wildman–Crippen MR) is 106 cm³/mol. The fourth-order valence-corrected chi connectivity index (χ4v) is 4.53. The topological polar surface area (TPSA) is 88.5 Å². The second-order valence-electron chi connectivity index (χ2n) is 5.76. The minimum absolute atomic E-state index is 0.0510. The van der Waals surface area contributed by atoms with E-state index in [1.165, 1.54) is 33.1 Å². The number of hydrogen-bond donors (Lipinski definition) is 1. The van der Waals surface area contributed by atoms with E-state index in [9.17, 15) is 18.0 Å². The van der Waals surface area contributed by atoms with Gasteiger partial charge in [0.05, 0.1) is 5.02 Å². The molecule has 0 fully saturated rings. The zero-order chi connectivity index (χ0) is 20.0. The summed E-state index contributed by atoms with van der Waals surface area (Å²) in [6, 6.07) is 9.09. The van der Waals surface area contributed by atoms with Gasteiger partial charge in [0.2, 0.25) is 15.9 Å². The van der Waals surface area contributed by atoms with E-state index in [0.29, 0.717) is 18.8 Å². The van der Waals surface area contributed by atoms with Crippen LogP contribution in [0.2, 0.25) is 5.02 Å². The van der Waals surface area contributed by atoms with Crippen LogP contribution in [0, 0.1) is 0 Å². The number of aromatic nitrogens is 1. The molecule has 27 heavy (non-hydrogen) atoms. The van der Waals surface area contributed by atoms with Crippen LogP contribution in [0.4, 0.5) is 5.69 Å². The number of amides is 1. The van der Waals surface area contributed by atoms with Crippen LogP contribution < -0.4 is 10.9 Å². The summed E-state index contributed by atoms with van der Waals surface area (Å²) in [5.41, 5.74) is 0.139. The Hall–Kier alpha value is -2.16. The molecule has 1 aromatic carbocycles. The van der Waals surface area contributed by atoms with Gasteiger partial charge < -0.3 is 9.88 Å². The first-order chi connectivity index (χ1) is 12.8. The summed E-state index contributed by atoms with van der Waals surface area (Å²) in [6.07, 6.45) is 1.68. The van der Waals surface area contributed by atoms with Crippen molar-refractivity contribution >= 4 is 33.2 Å². The molecule has 0 saturated carbocycles. The molecule has 0 spiro atoms. The number of carbonyl (C=O) groups excluding carboxylic acids is 1. The van der Waals surface area contributed by atoms with Crippen molar-refractivity contribution in [1.82, 2.24) is 8.87 Å². The molecule has 1 heterocycles. The van der Waals surface area contributed by atoms with Crippen molar-refractivity contribution < 1.29 is 13.2 Å². The zero-order valence-corrected chi connectivity index (χ0v) is 16.8. The predicted octanol–water partition coefficient (Wildman–Crippen LogP) is 2.56. The van der Waals surface area contributed by atoms with E-state index < -0.39 is 10.0 Å².